The van der Waals surface area contributed by atoms with E-state index in [2.05, 4.69) is 29.8 Å². The molecule has 0 aliphatic carbocycles. The minimum atomic E-state index is 0.0650. The zero-order valence-electron chi connectivity index (χ0n) is 11.4. The third-order valence-corrected chi connectivity index (χ3v) is 3.74. The Morgan fingerprint density at radius 3 is 2.56 bits per heavy atom. The minimum absolute atomic E-state index is 0.0650. The van der Waals surface area contributed by atoms with E-state index in [0.717, 1.165) is 23.2 Å². The predicted octanol–water partition coefficient (Wildman–Crippen LogP) is 3.72. The molecule has 1 amide bonds. The highest BCUT2D eigenvalue weighted by atomic mass is 79.9. The molecule has 1 aromatic rings. The van der Waals surface area contributed by atoms with Gasteiger partial charge in [-0.2, -0.15) is 0 Å². The third kappa shape index (κ3) is 3.25. The lowest BCUT2D eigenvalue weighted by Crippen LogP contribution is -2.38. The van der Waals surface area contributed by atoms with E-state index in [4.69, 9.17) is 4.74 Å². The quantitative estimate of drug-likeness (QED) is 0.829. The monoisotopic (exact) mass is 313 g/mol. The van der Waals surface area contributed by atoms with E-state index >= 15 is 0 Å². The van der Waals surface area contributed by atoms with Crippen LogP contribution in [0.1, 0.15) is 37.6 Å². The first-order valence-corrected chi connectivity index (χ1v) is 6.98. The molecule has 0 aliphatic heterocycles. The molecule has 0 aromatic heterocycles. The van der Waals surface area contributed by atoms with Gasteiger partial charge in [0.05, 0.1) is 11.6 Å². The maximum atomic E-state index is 12.4. The number of methoxy groups -OCH3 is 1. The average Bonchev–Trinajstić information content (AvgIpc) is 2.38. The number of ether oxygens (including phenoxy) is 1. The Bertz CT molecular complexity index is 420. The lowest BCUT2D eigenvalue weighted by atomic mass is 10.1. The van der Waals surface area contributed by atoms with E-state index in [1.807, 2.05) is 24.0 Å². The lowest BCUT2D eigenvalue weighted by molar-refractivity contribution is 0.0700. The fourth-order valence-corrected chi connectivity index (χ4v) is 2.38. The van der Waals surface area contributed by atoms with Gasteiger partial charge < -0.3 is 9.64 Å². The van der Waals surface area contributed by atoms with Crippen LogP contribution in [-0.2, 0) is 0 Å². The molecule has 0 spiro atoms. The maximum Gasteiger partial charge on any atom is 0.254 e. The Balaban J connectivity index is 2.99. The Morgan fingerprint density at radius 2 is 2.11 bits per heavy atom. The van der Waals surface area contributed by atoms with E-state index in [-0.39, 0.29) is 11.9 Å². The summed E-state index contributed by atoms with van der Waals surface area (Å²) in [6.45, 7) is 6.88. The van der Waals surface area contributed by atoms with E-state index in [9.17, 15) is 4.79 Å². The van der Waals surface area contributed by atoms with E-state index in [1.54, 1.807) is 13.2 Å². The van der Waals surface area contributed by atoms with Gasteiger partial charge >= 0.3 is 0 Å². The molecule has 0 saturated heterocycles. The van der Waals surface area contributed by atoms with E-state index in [0.29, 0.717) is 5.56 Å². The van der Waals surface area contributed by atoms with Crippen molar-refractivity contribution in [1.29, 1.82) is 0 Å². The average molecular weight is 314 g/mol. The Morgan fingerprint density at radius 1 is 1.44 bits per heavy atom. The molecule has 0 bridgehead atoms. The van der Waals surface area contributed by atoms with Crippen LogP contribution in [0.15, 0.2) is 22.7 Å². The van der Waals surface area contributed by atoms with Crippen molar-refractivity contribution in [1.82, 2.24) is 4.90 Å². The van der Waals surface area contributed by atoms with Crippen LogP contribution in [0, 0.1) is 0 Å². The number of rotatable bonds is 5. The molecular formula is C14H20BrNO2. The number of carbonyl (C=O) groups excluding carboxylic acids is 1. The smallest absolute Gasteiger partial charge is 0.254 e. The first-order chi connectivity index (χ1) is 8.54. The fourth-order valence-electron chi connectivity index (χ4n) is 1.84. The number of nitrogens with zero attached hydrogens (tertiary/aromatic N) is 1. The molecule has 1 atom stereocenters. The zero-order valence-corrected chi connectivity index (χ0v) is 13.0. The molecule has 18 heavy (non-hydrogen) atoms. The SMILES string of the molecule is CCC(C)N(CC)C(=O)c1ccc(OC)c(Br)c1. The van der Waals surface area contributed by atoms with Crippen molar-refractivity contribution < 1.29 is 9.53 Å². The van der Waals surface area contributed by atoms with Gasteiger partial charge in [-0.3, -0.25) is 4.79 Å². The molecule has 0 heterocycles. The Labute approximate surface area is 117 Å². The van der Waals surface area contributed by atoms with E-state index < -0.39 is 0 Å². The summed E-state index contributed by atoms with van der Waals surface area (Å²) in [6.07, 6.45) is 0.955. The summed E-state index contributed by atoms with van der Waals surface area (Å²) in [5.74, 6) is 0.799. The maximum absolute atomic E-state index is 12.4. The van der Waals surface area contributed by atoms with Crippen molar-refractivity contribution in [2.45, 2.75) is 33.2 Å². The number of hydrogen-bond acceptors (Lipinski definition) is 2. The Kier molecular flexibility index (Phi) is 5.66. The molecule has 0 radical (unpaired) electrons. The van der Waals surface area contributed by atoms with Gasteiger partial charge in [-0.05, 0) is 54.4 Å². The predicted molar refractivity (Wildman–Crippen MR) is 77.2 cm³/mol. The molecule has 4 heteroatoms. The third-order valence-electron chi connectivity index (χ3n) is 3.12. The molecule has 1 rings (SSSR count). The van der Waals surface area contributed by atoms with Crippen molar-refractivity contribution in [3.8, 4) is 5.75 Å². The first-order valence-electron chi connectivity index (χ1n) is 6.19. The first kappa shape index (κ1) is 15.0. The standard InChI is InChI=1S/C14H20BrNO2/c1-5-10(3)16(6-2)14(17)11-7-8-13(18-4)12(15)9-11/h7-10H,5-6H2,1-4H3. The second-order valence-electron chi connectivity index (χ2n) is 4.20. The fraction of sp³-hybridized carbons (Fsp3) is 0.500. The second kappa shape index (κ2) is 6.78. The summed E-state index contributed by atoms with van der Waals surface area (Å²) in [6, 6.07) is 5.67. The van der Waals surface area contributed by atoms with E-state index in [1.165, 1.54) is 0 Å². The summed E-state index contributed by atoms with van der Waals surface area (Å²) < 4.78 is 5.97. The molecule has 0 N–H and O–H groups in total. The highest BCUT2D eigenvalue weighted by Crippen LogP contribution is 2.26. The molecular weight excluding hydrogens is 294 g/mol. The van der Waals surface area contributed by atoms with Gasteiger partial charge in [-0.15, -0.1) is 0 Å². The van der Waals surface area contributed by atoms with Crippen LogP contribution in [0.3, 0.4) is 0 Å². The van der Waals surface area contributed by atoms with Crippen LogP contribution in [0.2, 0.25) is 0 Å². The van der Waals surface area contributed by atoms with Gasteiger partial charge in [0.25, 0.3) is 5.91 Å². The van der Waals surface area contributed by atoms with Crippen molar-refractivity contribution in [3.63, 3.8) is 0 Å². The van der Waals surface area contributed by atoms with Crippen LogP contribution in [0.4, 0.5) is 0 Å². The minimum Gasteiger partial charge on any atom is -0.496 e. The van der Waals surface area contributed by atoms with Gasteiger partial charge in [-0.1, -0.05) is 6.92 Å². The topological polar surface area (TPSA) is 29.5 Å². The summed E-state index contributed by atoms with van der Waals surface area (Å²) in [5.41, 5.74) is 0.685. The lowest BCUT2D eigenvalue weighted by Gasteiger charge is -2.27. The second-order valence-corrected chi connectivity index (χ2v) is 5.05. The number of benzene rings is 1. The van der Waals surface area contributed by atoms with Crippen molar-refractivity contribution >= 4 is 21.8 Å². The molecule has 0 aliphatic rings. The largest absolute Gasteiger partial charge is 0.496 e. The van der Waals surface area contributed by atoms with Crippen molar-refractivity contribution in [2.24, 2.45) is 0 Å². The van der Waals surface area contributed by atoms with Gasteiger partial charge in [0.2, 0.25) is 0 Å². The number of halogens is 1. The molecule has 0 fully saturated rings. The summed E-state index contributed by atoms with van der Waals surface area (Å²) in [4.78, 5) is 14.3. The normalized spacial score (nSPS) is 12.1. The van der Waals surface area contributed by atoms with Crippen LogP contribution in [0.25, 0.3) is 0 Å². The van der Waals surface area contributed by atoms with Crippen molar-refractivity contribution in [3.05, 3.63) is 28.2 Å². The molecule has 3 nitrogen and oxygen atoms in total. The van der Waals surface area contributed by atoms with Gasteiger partial charge in [0.15, 0.2) is 0 Å². The molecule has 0 saturated carbocycles. The van der Waals surface area contributed by atoms with Crippen LogP contribution >= 0.6 is 15.9 Å². The van der Waals surface area contributed by atoms with Gasteiger partial charge in [0.1, 0.15) is 5.75 Å². The van der Waals surface area contributed by atoms with Crippen molar-refractivity contribution in [2.75, 3.05) is 13.7 Å². The number of carbonyl (C=O) groups is 1. The van der Waals surface area contributed by atoms with Crippen LogP contribution in [0.5, 0.6) is 5.75 Å². The van der Waals surface area contributed by atoms with Gasteiger partial charge in [0, 0.05) is 18.2 Å². The highest BCUT2D eigenvalue weighted by molar-refractivity contribution is 9.10. The number of amides is 1. The summed E-state index contributed by atoms with van der Waals surface area (Å²) in [5, 5.41) is 0. The molecule has 100 valence electrons. The number of hydrogen-bond donors (Lipinski definition) is 0. The van der Waals surface area contributed by atoms with Crippen LogP contribution in [-0.4, -0.2) is 30.5 Å². The summed E-state index contributed by atoms with van der Waals surface area (Å²) in [7, 11) is 1.61. The molecule has 1 unspecified atom stereocenters. The summed E-state index contributed by atoms with van der Waals surface area (Å²) >= 11 is 3.41. The van der Waals surface area contributed by atoms with Gasteiger partial charge in [-0.25, -0.2) is 0 Å². The van der Waals surface area contributed by atoms with Crippen LogP contribution < -0.4 is 4.74 Å². The Hall–Kier alpha value is -1.03. The zero-order chi connectivity index (χ0) is 13.7. The highest BCUT2D eigenvalue weighted by Gasteiger charge is 2.19. The molecule has 1 aromatic carbocycles.